The minimum absolute atomic E-state index is 0.268. The van der Waals surface area contributed by atoms with Crippen molar-refractivity contribution < 1.29 is 9.53 Å². The van der Waals surface area contributed by atoms with Gasteiger partial charge in [0.25, 0.3) is 5.91 Å². The highest BCUT2D eigenvalue weighted by Gasteiger charge is 2.06. The Kier molecular flexibility index (Phi) is 6.41. The number of amides is 1. The van der Waals surface area contributed by atoms with Crippen LogP contribution in [0.5, 0.6) is 11.5 Å². The summed E-state index contributed by atoms with van der Waals surface area (Å²) in [5.41, 5.74) is 7.11. The normalized spacial score (nSPS) is 10.9. The number of aryl methyl sites for hydroxylation is 2. The molecule has 0 fully saturated rings. The molecule has 0 saturated carbocycles. The van der Waals surface area contributed by atoms with Crippen LogP contribution in [0.4, 0.5) is 0 Å². The zero-order valence-electron chi connectivity index (χ0n) is 18.0. The van der Waals surface area contributed by atoms with Gasteiger partial charge < -0.3 is 4.74 Å². The second-order valence-electron chi connectivity index (χ2n) is 7.47. The molecule has 0 saturated heterocycles. The standard InChI is InChI=1S/C26H24N4O2/c1-19-15-20(2)30(29-19)18-21-11-13-23(14-12-21)26(31)28-27-17-22-7-6-10-25(16-22)32-24-8-4-3-5-9-24/h3-17H,18H2,1-2H3,(H,28,31)/b27-17+. The molecule has 4 rings (SSSR count). The molecule has 0 spiro atoms. The third-order valence-corrected chi connectivity index (χ3v) is 4.87. The molecular weight excluding hydrogens is 400 g/mol. The van der Waals surface area contributed by atoms with E-state index in [1.165, 1.54) is 0 Å². The molecule has 4 aromatic rings. The topological polar surface area (TPSA) is 68.5 Å². The van der Waals surface area contributed by atoms with Crippen LogP contribution in [0.1, 0.15) is 32.9 Å². The van der Waals surface area contributed by atoms with E-state index in [9.17, 15) is 4.79 Å². The number of hydrogen-bond acceptors (Lipinski definition) is 4. The molecule has 0 aliphatic carbocycles. The fourth-order valence-electron chi connectivity index (χ4n) is 3.28. The van der Waals surface area contributed by atoms with Crippen molar-refractivity contribution in [1.29, 1.82) is 0 Å². The number of nitrogens with zero attached hydrogens (tertiary/aromatic N) is 3. The average molecular weight is 425 g/mol. The molecule has 0 aliphatic rings. The maximum Gasteiger partial charge on any atom is 0.271 e. The first-order valence-electron chi connectivity index (χ1n) is 10.3. The van der Waals surface area contributed by atoms with Gasteiger partial charge in [-0.15, -0.1) is 0 Å². The predicted molar refractivity (Wildman–Crippen MR) is 125 cm³/mol. The summed E-state index contributed by atoms with van der Waals surface area (Å²) in [5.74, 6) is 1.19. The summed E-state index contributed by atoms with van der Waals surface area (Å²) in [4.78, 5) is 12.4. The molecule has 0 aliphatic heterocycles. The zero-order chi connectivity index (χ0) is 22.3. The molecular formula is C26H24N4O2. The van der Waals surface area contributed by atoms with Gasteiger partial charge in [-0.2, -0.15) is 10.2 Å². The third-order valence-electron chi connectivity index (χ3n) is 4.87. The van der Waals surface area contributed by atoms with Gasteiger partial charge in [-0.1, -0.05) is 42.5 Å². The average Bonchev–Trinajstić information content (AvgIpc) is 3.11. The van der Waals surface area contributed by atoms with Crippen molar-refractivity contribution in [3.8, 4) is 11.5 Å². The summed E-state index contributed by atoms with van der Waals surface area (Å²) in [6.45, 7) is 4.68. The molecule has 0 bridgehead atoms. The van der Waals surface area contributed by atoms with Crippen LogP contribution >= 0.6 is 0 Å². The molecule has 160 valence electrons. The molecule has 0 radical (unpaired) electrons. The third kappa shape index (κ3) is 5.49. The fourth-order valence-corrected chi connectivity index (χ4v) is 3.28. The molecule has 0 atom stereocenters. The first kappa shape index (κ1) is 21.1. The van der Waals surface area contributed by atoms with Crippen LogP contribution in [0, 0.1) is 13.8 Å². The first-order valence-corrected chi connectivity index (χ1v) is 10.3. The van der Waals surface area contributed by atoms with Crippen LogP contribution < -0.4 is 10.2 Å². The van der Waals surface area contributed by atoms with Gasteiger partial charge in [-0.05, 0) is 67.4 Å². The molecule has 6 heteroatoms. The zero-order valence-corrected chi connectivity index (χ0v) is 18.0. The maximum absolute atomic E-state index is 12.4. The predicted octanol–water partition coefficient (Wildman–Crippen LogP) is 5.10. The summed E-state index contributed by atoms with van der Waals surface area (Å²) >= 11 is 0. The van der Waals surface area contributed by atoms with Gasteiger partial charge in [0.15, 0.2) is 0 Å². The lowest BCUT2D eigenvalue weighted by Crippen LogP contribution is -2.17. The Morgan fingerprint density at radius 2 is 1.72 bits per heavy atom. The molecule has 0 unspecified atom stereocenters. The van der Waals surface area contributed by atoms with Crippen molar-refractivity contribution in [3.63, 3.8) is 0 Å². The Bertz CT molecular complexity index is 1230. The fraction of sp³-hybridized carbons (Fsp3) is 0.115. The van der Waals surface area contributed by atoms with Crippen molar-refractivity contribution in [2.45, 2.75) is 20.4 Å². The highest BCUT2D eigenvalue weighted by molar-refractivity contribution is 5.94. The molecule has 32 heavy (non-hydrogen) atoms. The minimum Gasteiger partial charge on any atom is -0.457 e. The lowest BCUT2D eigenvalue weighted by molar-refractivity contribution is 0.0955. The van der Waals surface area contributed by atoms with Gasteiger partial charge in [0.1, 0.15) is 11.5 Å². The summed E-state index contributed by atoms with van der Waals surface area (Å²) in [6.07, 6.45) is 1.59. The van der Waals surface area contributed by atoms with Crippen molar-refractivity contribution >= 4 is 12.1 Å². The number of rotatable bonds is 7. The van der Waals surface area contributed by atoms with E-state index in [1.54, 1.807) is 18.3 Å². The largest absolute Gasteiger partial charge is 0.457 e. The number of benzene rings is 3. The van der Waals surface area contributed by atoms with Gasteiger partial charge in [-0.3, -0.25) is 9.48 Å². The van der Waals surface area contributed by atoms with E-state index < -0.39 is 0 Å². The van der Waals surface area contributed by atoms with E-state index in [0.717, 1.165) is 28.3 Å². The Hall–Kier alpha value is -4.19. The van der Waals surface area contributed by atoms with Crippen molar-refractivity contribution in [2.24, 2.45) is 5.10 Å². The minimum atomic E-state index is -0.268. The number of para-hydroxylation sites is 1. The number of hydrazone groups is 1. The highest BCUT2D eigenvalue weighted by atomic mass is 16.5. The number of carbonyl (C=O) groups is 1. The second kappa shape index (κ2) is 9.75. The van der Waals surface area contributed by atoms with Gasteiger partial charge in [0.05, 0.1) is 18.5 Å². The second-order valence-corrected chi connectivity index (χ2v) is 7.47. The monoisotopic (exact) mass is 424 g/mol. The van der Waals surface area contributed by atoms with Crippen LogP contribution in [-0.4, -0.2) is 21.9 Å². The maximum atomic E-state index is 12.4. The highest BCUT2D eigenvalue weighted by Crippen LogP contribution is 2.21. The smallest absolute Gasteiger partial charge is 0.271 e. The Balaban J connectivity index is 1.34. The molecule has 1 N–H and O–H groups in total. The van der Waals surface area contributed by atoms with E-state index in [1.807, 2.05) is 91.3 Å². The molecule has 1 amide bonds. The summed E-state index contributed by atoms with van der Waals surface area (Å²) < 4.78 is 7.77. The lowest BCUT2D eigenvalue weighted by atomic mass is 10.1. The van der Waals surface area contributed by atoms with E-state index >= 15 is 0 Å². The van der Waals surface area contributed by atoms with Crippen LogP contribution in [0.3, 0.4) is 0 Å². The molecule has 3 aromatic carbocycles. The molecule has 1 heterocycles. The van der Waals surface area contributed by atoms with Crippen LogP contribution in [0.2, 0.25) is 0 Å². The molecule has 1 aromatic heterocycles. The Labute approximate surface area is 187 Å². The van der Waals surface area contributed by atoms with Gasteiger partial charge in [0, 0.05) is 11.3 Å². The van der Waals surface area contributed by atoms with Gasteiger partial charge >= 0.3 is 0 Å². The van der Waals surface area contributed by atoms with E-state index in [2.05, 4.69) is 15.6 Å². The van der Waals surface area contributed by atoms with Crippen LogP contribution in [0.25, 0.3) is 0 Å². The summed E-state index contributed by atoms with van der Waals surface area (Å²) in [5, 5.41) is 8.55. The Morgan fingerprint density at radius 3 is 2.44 bits per heavy atom. The summed E-state index contributed by atoms with van der Waals surface area (Å²) in [7, 11) is 0. The number of hydrogen-bond donors (Lipinski definition) is 1. The van der Waals surface area contributed by atoms with E-state index in [0.29, 0.717) is 17.9 Å². The van der Waals surface area contributed by atoms with Crippen LogP contribution in [-0.2, 0) is 6.54 Å². The Morgan fingerprint density at radius 1 is 0.969 bits per heavy atom. The number of carbonyl (C=O) groups excluding carboxylic acids is 1. The quantitative estimate of drug-likeness (QED) is 0.331. The number of ether oxygens (including phenoxy) is 1. The van der Waals surface area contributed by atoms with Gasteiger partial charge in [-0.25, -0.2) is 5.43 Å². The SMILES string of the molecule is Cc1cc(C)n(Cc2ccc(C(=O)N/N=C/c3cccc(Oc4ccccc4)c3)cc2)n1. The molecule has 6 nitrogen and oxygen atoms in total. The number of nitrogens with one attached hydrogen (secondary N) is 1. The van der Waals surface area contributed by atoms with Crippen molar-refractivity contribution in [1.82, 2.24) is 15.2 Å². The lowest BCUT2D eigenvalue weighted by Gasteiger charge is -2.06. The van der Waals surface area contributed by atoms with E-state index in [-0.39, 0.29) is 5.91 Å². The first-order chi connectivity index (χ1) is 15.6. The van der Waals surface area contributed by atoms with Crippen LogP contribution in [0.15, 0.2) is 90.0 Å². The van der Waals surface area contributed by atoms with Crippen molar-refractivity contribution in [2.75, 3.05) is 0 Å². The van der Waals surface area contributed by atoms with Gasteiger partial charge in [0.2, 0.25) is 0 Å². The summed E-state index contributed by atoms with van der Waals surface area (Å²) in [6, 6.07) is 26.5. The van der Waals surface area contributed by atoms with E-state index in [4.69, 9.17) is 4.74 Å². The van der Waals surface area contributed by atoms with Crippen molar-refractivity contribution in [3.05, 3.63) is 113 Å². The number of aromatic nitrogens is 2.